The molecule has 114 valence electrons. The van der Waals surface area contributed by atoms with E-state index in [2.05, 4.69) is 12.1 Å². The monoisotopic (exact) mass is 289 g/mol. The van der Waals surface area contributed by atoms with Crippen molar-refractivity contribution in [1.82, 2.24) is 0 Å². The maximum absolute atomic E-state index is 11.6. The van der Waals surface area contributed by atoms with Gasteiger partial charge in [0.25, 0.3) is 0 Å². The molecule has 21 heavy (non-hydrogen) atoms. The topological polar surface area (TPSA) is 58.9 Å². The van der Waals surface area contributed by atoms with E-state index in [1.807, 2.05) is 30.3 Å². The van der Waals surface area contributed by atoms with Crippen LogP contribution >= 0.6 is 0 Å². The molecular formula is C17H23NO3. The summed E-state index contributed by atoms with van der Waals surface area (Å²) in [5.41, 5.74) is 0.177. The van der Waals surface area contributed by atoms with Gasteiger partial charge in [0.05, 0.1) is 6.21 Å². The number of rotatable bonds is 6. The molecule has 0 radical (unpaired) electrons. The zero-order chi connectivity index (χ0) is 15.1. The van der Waals surface area contributed by atoms with Gasteiger partial charge in [0.2, 0.25) is 0 Å². The van der Waals surface area contributed by atoms with Gasteiger partial charge in [-0.15, -0.1) is 0 Å². The van der Waals surface area contributed by atoms with E-state index >= 15 is 0 Å². The Morgan fingerprint density at radius 3 is 2.62 bits per heavy atom. The molecule has 0 amide bonds. The molecule has 0 aliphatic heterocycles. The molecule has 1 aromatic carbocycles. The first-order valence-corrected chi connectivity index (χ1v) is 7.60. The van der Waals surface area contributed by atoms with Crippen LogP contribution in [0.5, 0.6) is 0 Å². The van der Waals surface area contributed by atoms with Gasteiger partial charge in [-0.05, 0) is 37.2 Å². The number of carbonyl (C=O) groups is 1. The Hall–Kier alpha value is -1.84. The average molecular weight is 289 g/mol. The number of aliphatic carboxylic acids is 1. The second-order valence-corrected chi connectivity index (χ2v) is 5.81. The highest BCUT2D eigenvalue weighted by atomic mass is 16.6. The molecule has 0 saturated heterocycles. The van der Waals surface area contributed by atoms with E-state index in [1.165, 1.54) is 6.21 Å². The average Bonchev–Trinajstić information content (AvgIpc) is 2.53. The first kappa shape index (κ1) is 15.5. The third-order valence-electron chi connectivity index (χ3n) is 4.45. The summed E-state index contributed by atoms with van der Waals surface area (Å²) in [6.45, 7) is 2.53. The Bertz CT molecular complexity index is 476. The molecule has 1 aliphatic rings. The van der Waals surface area contributed by atoms with Gasteiger partial charge >= 0.3 is 5.97 Å². The van der Waals surface area contributed by atoms with Crippen LogP contribution in [0.3, 0.4) is 0 Å². The van der Waals surface area contributed by atoms with Gasteiger partial charge in [0, 0.05) is 0 Å². The summed E-state index contributed by atoms with van der Waals surface area (Å²) in [5.74, 6) is -0.139. The third-order valence-corrected chi connectivity index (χ3v) is 4.45. The van der Waals surface area contributed by atoms with Crippen LogP contribution in [0, 0.1) is 11.3 Å². The molecule has 0 atom stereocenters. The van der Waals surface area contributed by atoms with Crippen molar-refractivity contribution in [1.29, 1.82) is 0 Å². The van der Waals surface area contributed by atoms with E-state index in [1.54, 1.807) is 0 Å². The van der Waals surface area contributed by atoms with Crippen LogP contribution in [-0.4, -0.2) is 17.3 Å². The van der Waals surface area contributed by atoms with Crippen molar-refractivity contribution in [2.45, 2.75) is 45.6 Å². The molecule has 4 heteroatoms. The van der Waals surface area contributed by atoms with Gasteiger partial charge in [0.1, 0.15) is 12.0 Å². The number of benzene rings is 1. The van der Waals surface area contributed by atoms with Gasteiger partial charge in [-0.2, -0.15) is 0 Å². The van der Waals surface area contributed by atoms with Crippen LogP contribution in [-0.2, 0) is 16.2 Å². The first-order chi connectivity index (χ1) is 10.2. The number of nitrogens with zero attached hydrogens (tertiary/aromatic N) is 1. The predicted molar refractivity (Wildman–Crippen MR) is 82.0 cm³/mol. The quantitative estimate of drug-likeness (QED) is 0.639. The van der Waals surface area contributed by atoms with Crippen molar-refractivity contribution in [2.75, 3.05) is 0 Å². The zero-order valence-corrected chi connectivity index (χ0v) is 12.5. The Kier molecular flexibility index (Phi) is 5.37. The van der Waals surface area contributed by atoms with E-state index in [0.717, 1.165) is 24.8 Å². The fraction of sp³-hybridized carbons (Fsp3) is 0.529. The molecule has 2 rings (SSSR count). The largest absolute Gasteiger partial charge is 0.481 e. The van der Waals surface area contributed by atoms with Crippen LogP contribution in [0.25, 0.3) is 0 Å². The van der Waals surface area contributed by atoms with Crippen molar-refractivity contribution >= 4 is 12.2 Å². The van der Waals surface area contributed by atoms with Crippen molar-refractivity contribution in [3.05, 3.63) is 35.9 Å². The summed E-state index contributed by atoms with van der Waals surface area (Å²) in [7, 11) is 0. The second-order valence-electron chi connectivity index (χ2n) is 5.81. The summed E-state index contributed by atoms with van der Waals surface area (Å²) in [4.78, 5) is 16.8. The van der Waals surface area contributed by atoms with Gasteiger partial charge in [-0.3, -0.25) is 4.79 Å². The highest BCUT2D eigenvalue weighted by Gasteiger charge is 2.40. The molecule has 1 aromatic rings. The smallest absolute Gasteiger partial charge is 0.315 e. The second kappa shape index (κ2) is 7.25. The summed E-state index contributed by atoms with van der Waals surface area (Å²) in [6.07, 6.45) is 5.83. The standard InChI is InChI=1S/C17H23NO3/c1-2-14-8-10-17(11-9-14,16(19)20)13-18-21-12-15-6-4-3-5-7-15/h3-7,13-14H,2,8-12H2,1H3,(H,19,20)/b18-13+. The summed E-state index contributed by atoms with van der Waals surface area (Å²) in [6, 6.07) is 9.72. The molecule has 4 nitrogen and oxygen atoms in total. The number of oxime groups is 1. The Balaban J connectivity index is 1.91. The van der Waals surface area contributed by atoms with Crippen molar-refractivity contribution in [3.8, 4) is 0 Å². The highest BCUT2D eigenvalue weighted by molar-refractivity contribution is 5.93. The van der Waals surface area contributed by atoms with Crippen molar-refractivity contribution in [2.24, 2.45) is 16.5 Å². The lowest BCUT2D eigenvalue weighted by atomic mass is 9.70. The molecular weight excluding hydrogens is 266 g/mol. The van der Waals surface area contributed by atoms with Crippen LogP contribution in [0.4, 0.5) is 0 Å². The molecule has 0 spiro atoms. The molecule has 1 aliphatic carbocycles. The van der Waals surface area contributed by atoms with E-state index in [4.69, 9.17) is 4.84 Å². The Labute approximate surface area is 125 Å². The minimum absolute atomic E-state index is 0.366. The maximum atomic E-state index is 11.6. The fourth-order valence-electron chi connectivity index (χ4n) is 2.82. The molecule has 0 unspecified atom stereocenters. The van der Waals surface area contributed by atoms with E-state index < -0.39 is 11.4 Å². The lowest BCUT2D eigenvalue weighted by Crippen LogP contribution is -2.37. The lowest BCUT2D eigenvalue weighted by molar-refractivity contribution is -0.146. The normalized spacial score (nSPS) is 25.9. The van der Waals surface area contributed by atoms with Crippen LogP contribution in [0.1, 0.15) is 44.6 Å². The van der Waals surface area contributed by atoms with Gasteiger partial charge in [-0.25, -0.2) is 0 Å². The lowest BCUT2D eigenvalue weighted by Gasteiger charge is -2.33. The predicted octanol–water partition coefficient (Wildman–Crippen LogP) is 3.86. The van der Waals surface area contributed by atoms with Crippen LogP contribution in [0.15, 0.2) is 35.5 Å². The summed E-state index contributed by atoms with van der Waals surface area (Å²) in [5, 5.41) is 13.4. The first-order valence-electron chi connectivity index (χ1n) is 7.60. The van der Waals surface area contributed by atoms with Crippen molar-refractivity contribution < 1.29 is 14.7 Å². The van der Waals surface area contributed by atoms with Gasteiger partial charge in [-0.1, -0.05) is 48.8 Å². The van der Waals surface area contributed by atoms with E-state index in [9.17, 15) is 9.90 Å². The molecule has 0 bridgehead atoms. The minimum Gasteiger partial charge on any atom is -0.481 e. The number of carboxylic acid groups (broad SMARTS) is 1. The number of hydrogen-bond donors (Lipinski definition) is 1. The third kappa shape index (κ3) is 4.06. The summed E-state index contributed by atoms with van der Waals surface area (Å²) >= 11 is 0. The molecule has 0 heterocycles. The zero-order valence-electron chi connectivity index (χ0n) is 12.5. The number of hydrogen-bond acceptors (Lipinski definition) is 3. The molecule has 1 N–H and O–H groups in total. The minimum atomic E-state index is -0.845. The van der Waals surface area contributed by atoms with Gasteiger partial charge < -0.3 is 9.94 Å². The summed E-state index contributed by atoms with van der Waals surface area (Å²) < 4.78 is 0. The fourth-order valence-corrected chi connectivity index (χ4v) is 2.82. The SMILES string of the molecule is CCC1CCC(/C=N/OCc2ccccc2)(C(=O)O)CC1. The van der Waals surface area contributed by atoms with E-state index in [-0.39, 0.29) is 0 Å². The Morgan fingerprint density at radius 2 is 2.05 bits per heavy atom. The molecule has 1 saturated carbocycles. The maximum Gasteiger partial charge on any atom is 0.315 e. The van der Waals surface area contributed by atoms with Crippen LogP contribution < -0.4 is 0 Å². The number of carboxylic acids is 1. The van der Waals surface area contributed by atoms with Crippen molar-refractivity contribution in [3.63, 3.8) is 0 Å². The van der Waals surface area contributed by atoms with Gasteiger partial charge in [0.15, 0.2) is 0 Å². The van der Waals surface area contributed by atoms with E-state index in [0.29, 0.717) is 25.4 Å². The molecule has 0 aromatic heterocycles. The molecule has 1 fully saturated rings. The van der Waals surface area contributed by atoms with Crippen LogP contribution in [0.2, 0.25) is 0 Å². The Morgan fingerprint density at radius 1 is 1.38 bits per heavy atom. The highest BCUT2D eigenvalue weighted by Crippen LogP contribution is 2.39.